The van der Waals surface area contributed by atoms with Crippen molar-refractivity contribution in [1.82, 2.24) is 14.9 Å². The molecule has 40 heavy (non-hydrogen) atoms. The molecule has 7 nitrogen and oxygen atoms in total. The van der Waals surface area contributed by atoms with E-state index in [0.717, 1.165) is 24.0 Å². The van der Waals surface area contributed by atoms with Crippen molar-refractivity contribution in [2.45, 2.75) is 62.7 Å². The van der Waals surface area contributed by atoms with Crippen LogP contribution in [-0.2, 0) is 39.1 Å². The minimum Gasteiger partial charge on any atom is -0.350 e. The van der Waals surface area contributed by atoms with Crippen molar-refractivity contribution >= 4 is 56.6 Å². The van der Waals surface area contributed by atoms with E-state index in [1.54, 1.807) is 61.5 Å². The number of sulfonamides is 1. The first-order valence-corrected chi connectivity index (χ1v) is 15.5. The van der Waals surface area contributed by atoms with Crippen LogP contribution in [0.2, 0.25) is 15.1 Å². The topological polar surface area (TPSA) is 95.6 Å². The quantitative estimate of drug-likeness (QED) is 0.269. The molecule has 0 unspecified atom stereocenters. The van der Waals surface area contributed by atoms with Crippen molar-refractivity contribution in [3.05, 3.63) is 98.5 Å². The summed E-state index contributed by atoms with van der Waals surface area (Å²) in [5.41, 5.74) is 2.36. The Morgan fingerprint density at radius 3 is 2.17 bits per heavy atom. The molecule has 11 heteroatoms. The highest BCUT2D eigenvalue weighted by Crippen LogP contribution is 2.23. The van der Waals surface area contributed by atoms with Crippen molar-refractivity contribution in [1.29, 1.82) is 0 Å². The fraction of sp³-hybridized carbons (Fsp3) is 0.310. The molecule has 0 aliphatic heterocycles. The first-order chi connectivity index (χ1) is 19.0. The number of hydrogen-bond acceptors (Lipinski definition) is 4. The zero-order valence-corrected chi connectivity index (χ0v) is 25.0. The zero-order valence-electron chi connectivity index (χ0n) is 21.9. The molecule has 0 heterocycles. The van der Waals surface area contributed by atoms with Gasteiger partial charge in [-0.1, -0.05) is 65.1 Å². The Hall–Kier alpha value is -2.62. The SMILES string of the molecule is C[C@@H](C(=O)NCc1ccc(Cl)cc1Cl)N(Cc1ccc(Cl)cc1)C(=O)CCc1ccc(S(=O)(=O)NC2CC2)cc1. The predicted molar refractivity (Wildman–Crippen MR) is 158 cm³/mol. The summed E-state index contributed by atoms with van der Waals surface area (Å²) in [6.45, 7) is 2.09. The van der Waals surface area contributed by atoms with Crippen molar-refractivity contribution in [2.24, 2.45) is 0 Å². The van der Waals surface area contributed by atoms with Crippen LogP contribution < -0.4 is 10.0 Å². The van der Waals surface area contributed by atoms with Gasteiger partial charge in [-0.05, 0) is 79.3 Å². The van der Waals surface area contributed by atoms with E-state index in [1.807, 2.05) is 12.1 Å². The Kier molecular flexibility index (Phi) is 10.1. The number of carbonyl (C=O) groups is 2. The third-order valence-corrected chi connectivity index (χ3v) is 9.04. The van der Waals surface area contributed by atoms with Crippen molar-refractivity contribution < 1.29 is 18.0 Å². The van der Waals surface area contributed by atoms with Crippen molar-refractivity contribution in [2.75, 3.05) is 0 Å². The van der Waals surface area contributed by atoms with Crippen LogP contribution in [0.25, 0.3) is 0 Å². The molecule has 0 radical (unpaired) electrons. The maximum Gasteiger partial charge on any atom is 0.242 e. The molecule has 1 saturated carbocycles. The maximum atomic E-state index is 13.4. The fourth-order valence-electron chi connectivity index (χ4n) is 4.08. The average Bonchev–Trinajstić information content (AvgIpc) is 3.74. The van der Waals surface area contributed by atoms with E-state index in [9.17, 15) is 18.0 Å². The Bertz CT molecular complexity index is 1460. The molecule has 1 aliphatic carbocycles. The number of amides is 2. The molecule has 212 valence electrons. The lowest BCUT2D eigenvalue weighted by Crippen LogP contribution is -2.47. The molecule has 2 N–H and O–H groups in total. The van der Waals surface area contributed by atoms with E-state index in [-0.39, 0.29) is 42.3 Å². The van der Waals surface area contributed by atoms with Gasteiger partial charge in [-0.3, -0.25) is 9.59 Å². The van der Waals surface area contributed by atoms with Crippen LogP contribution in [-0.4, -0.2) is 37.2 Å². The van der Waals surface area contributed by atoms with Gasteiger partial charge in [-0.15, -0.1) is 0 Å². The largest absolute Gasteiger partial charge is 0.350 e. The molecule has 0 saturated heterocycles. The smallest absolute Gasteiger partial charge is 0.242 e. The van der Waals surface area contributed by atoms with Gasteiger partial charge in [0.1, 0.15) is 6.04 Å². The summed E-state index contributed by atoms with van der Waals surface area (Å²) in [5.74, 6) is -0.541. The van der Waals surface area contributed by atoms with E-state index in [0.29, 0.717) is 27.1 Å². The highest BCUT2D eigenvalue weighted by Gasteiger charge is 2.28. The van der Waals surface area contributed by atoms with E-state index in [1.165, 1.54) is 4.90 Å². The summed E-state index contributed by atoms with van der Waals surface area (Å²) in [5, 5.41) is 4.37. The summed E-state index contributed by atoms with van der Waals surface area (Å²) in [6, 6.07) is 17.9. The number of rotatable bonds is 12. The fourth-order valence-corrected chi connectivity index (χ4v) is 5.99. The molecule has 1 aliphatic rings. The number of nitrogens with zero attached hydrogens (tertiary/aromatic N) is 1. The van der Waals surface area contributed by atoms with Crippen LogP contribution in [0.1, 0.15) is 42.9 Å². The Morgan fingerprint density at radius 1 is 0.925 bits per heavy atom. The van der Waals surface area contributed by atoms with Gasteiger partial charge in [0.25, 0.3) is 0 Å². The summed E-state index contributed by atoms with van der Waals surface area (Å²) < 4.78 is 27.5. The molecule has 4 rings (SSSR count). The molecule has 2 amide bonds. The summed E-state index contributed by atoms with van der Waals surface area (Å²) >= 11 is 18.2. The van der Waals surface area contributed by atoms with Gasteiger partial charge in [0.05, 0.1) is 4.90 Å². The summed E-state index contributed by atoms with van der Waals surface area (Å²) in [7, 11) is -3.54. The third-order valence-electron chi connectivity index (χ3n) is 6.66. The summed E-state index contributed by atoms with van der Waals surface area (Å²) in [6.07, 6.45) is 2.25. The Labute approximate surface area is 249 Å². The Morgan fingerprint density at radius 2 is 1.55 bits per heavy atom. The first kappa shape index (κ1) is 30.3. The zero-order chi connectivity index (χ0) is 28.9. The van der Waals surface area contributed by atoms with Crippen LogP contribution in [0.5, 0.6) is 0 Å². The predicted octanol–water partition coefficient (Wildman–Crippen LogP) is 5.75. The molecular weight excluding hydrogens is 593 g/mol. The second kappa shape index (κ2) is 13.4. The second-order valence-electron chi connectivity index (χ2n) is 9.82. The Balaban J connectivity index is 1.42. The van der Waals surface area contributed by atoms with E-state index in [2.05, 4.69) is 10.0 Å². The number of halogens is 3. The second-order valence-corrected chi connectivity index (χ2v) is 12.8. The average molecular weight is 623 g/mol. The lowest BCUT2D eigenvalue weighted by molar-refractivity contribution is -0.140. The number of nitrogens with one attached hydrogen (secondary N) is 2. The maximum absolute atomic E-state index is 13.4. The minimum atomic E-state index is -3.54. The van der Waals surface area contributed by atoms with Gasteiger partial charge in [0.2, 0.25) is 21.8 Å². The lowest BCUT2D eigenvalue weighted by atomic mass is 10.1. The van der Waals surface area contributed by atoms with Crippen LogP contribution in [0.15, 0.2) is 71.6 Å². The van der Waals surface area contributed by atoms with Gasteiger partial charge >= 0.3 is 0 Å². The molecule has 3 aromatic rings. The first-order valence-electron chi connectivity index (χ1n) is 12.9. The van der Waals surface area contributed by atoms with Crippen LogP contribution in [0, 0.1) is 0 Å². The minimum absolute atomic E-state index is 0.0243. The molecule has 0 bridgehead atoms. The molecule has 0 spiro atoms. The van der Waals surface area contributed by atoms with Crippen molar-refractivity contribution in [3.63, 3.8) is 0 Å². The van der Waals surface area contributed by atoms with Gasteiger partial charge in [0, 0.05) is 40.6 Å². The lowest BCUT2D eigenvalue weighted by Gasteiger charge is -2.29. The number of carbonyl (C=O) groups excluding carboxylic acids is 2. The van der Waals surface area contributed by atoms with Gasteiger partial charge in [-0.2, -0.15) is 0 Å². The van der Waals surface area contributed by atoms with E-state index < -0.39 is 16.1 Å². The number of aryl methyl sites for hydroxylation is 1. The van der Waals surface area contributed by atoms with Crippen LogP contribution >= 0.6 is 34.8 Å². The third kappa shape index (κ3) is 8.44. The van der Waals surface area contributed by atoms with Crippen LogP contribution in [0.3, 0.4) is 0 Å². The monoisotopic (exact) mass is 621 g/mol. The van der Waals surface area contributed by atoms with Crippen LogP contribution in [0.4, 0.5) is 0 Å². The molecule has 3 aromatic carbocycles. The highest BCUT2D eigenvalue weighted by atomic mass is 35.5. The molecular formula is C29H30Cl3N3O4S. The number of hydrogen-bond donors (Lipinski definition) is 2. The van der Waals surface area contributed by atoms with Gasteiger partial charge in [0.15, 0.2) is 0 Å². The summed E-state index contributed by atoms with van der Waals surface area (Å²) in [4.78, 5) is 28.3. The van der Waals surface area contributed by atoms with Gasteiger partial charge in [-0.25, -0.2) is 13.1 Å². The molecule has 1 atom stereocenters. The highest BCUT2D eigenvalue weighted by molar-refractivity contribution is 7.89. The molecule has 0 aromatic heterocycles. The standard InChI is InChI=1S/C29H30Cl3N3O4S/c1-19(29(37)33-17-22-7-10-24(31)16-27(22)32)35(18-21-2-8-23(30)9-3-21)28(36)15-6-20-4-13-26(14-5-20)40(38,39)34-25-11-12-25/h2-5,7-10,13-14,16,19,25,34H,6,11-12,15,17-18H2,1H3,(H,33,37)/t19-/m0/s1. The molecule has 1 fully saturated rings. The number of benzene rings is 3. The van der Waals surface area contributed by atoms with Gasteiger partial charge < -0.3 is 10.2 Å². The van der Waals surface area contributed by atoms with E-state index in [4.69, 9.17) is 34.8 Å². The normalized spacial score (nSPS) is 14.0. The van der Waals surface area contributed by atoms with E-state index >= 15 is 0 Å². The van der Waals surface area contributed by atoms with Crippen molar-refractivity contribution in [3.8, 4) is 0 Å².